The van der Waals surface area contributed by atoms with E-state index >= 15 is 0 Å². The number of hydrogen-bond acceptors (Lipinski definition) is 6. The minimum absolute atomic E-state index is 0.0965. The van der Waals surface area contributed by atoms with E-state index in [1.807, 2.05) is 12.1 Å². The quantitative estimate of drug-likeness (QED) is 0.724. The summed E-state index contributed by atoms with van der Waals surface area (Å²) in [6.07, 6.45) is 1.52. The van der Waals surface area contributed by atoms with Gasteiger partial charge in [0.05, 0.1) is 12.9 Å². The van der Waals surface area contributed by atoms with E-state index in [0.29, 0.717) is 5.65 Å². The molecular weight excluding hydrogens is 302 g/mol. The second kappa shape index (κ2) is 6.44. The molecule has 112 valence electrons. The highest BCUT2D eigenvalue weighted by atomic mass is 32.2. The Balaban J connectivity index is 1.56. The number of amides is 1. The van der Waals surface area contributed by atoms with E-state index in [2.05, 4.69) is 20.6 Å². The van der Waals surface area contributed by atoms with Crippen molar-refractivity contribution in [3.05, 3.63) is 42.7 Å². The first kappa shape index (κ1) is 14.3. The van der Waals surface area contributed by atoms with Gasteiger partial charge in [-0.1, -0.05) is 11.8 Å². The molecule has 2 heterocycles. The van der Waals surface area contributed by atoms with Crippen molar-refractivity contribution < 1.29 is 9.53 Å². The highest BCUT2D eigenvalue weighted by Crippen LogP contribution is 2.17. The second-order valence-electron chi connectivity index (χ2n) is 4.37. The molecule has 2 aromatic heterocycles. The predicted molar refractivity (Wildman–Crippen MR) is 83.1 cm³/mol. The van der Waals surface area contributed by atoms with Crippen molar-refractivity contribution in [1.29, 1.82) is 0 Å². The lowest BCUT2D eigenvalue weighted by Gasteiger charge is -2.06. The van der Waals surface area contributed by atoms with Crippen LogP contribution in [-0.4, -0.2) is 38.6 Å². The van der Waals surface area contributed by atoms with E-state index < -0.39 is 0 Å². The maximum atomic E-state index is 11.9. The van der Waals surface area contributed by atoms with Gasteiger partial charge in [-0.15, -0.1) is 10.2 Å². The number of anilines is 1. The summed E-state index contributed by atoms with van der Waals surface area (Å²) in [4.78, 5) is 11.9. The Morgan fingerprint density at radius 2 is 2.09 bits per heavy atom. The molecule has 1 amide bonds. The summed E-state index contributed by atoms with van der Waals surface area (Å²) in [6, 6.07) is 10.8. The van der Waals surface area contributed by atoms with Crippen LogP contribution in [0.5, 0.6) is 5.75 Å². The van der Waals surface area contributed by atoms with Crippen LogP contribution in [-0.2, 0) is 4.79 Å². The van der Waals surface area contributed by atoms with E-state index in [-0.39, 0.29) is 11.7 Å². The van der Waals surface area contributed by atoms with Crippen LogP contribution >= 0.6 is 11.8 Å². The van der Waals surface area contributed by atoms with Crippen LogP contribution in [0.25, 0.3) is 5.65 Å². The number of carbonyl (C=O) groups is 1. The van der Waals surface area contributed by atoms with E-state index in [1.165, 1.54) is 18.1 Å². The predicted octanol–water partition coefficient (Wildman–Crippen LogP) is 1.86. The summed E-state index contributed by atoms with van der Waals surface area (Å²) >= 11 is 1.35. The highest BCUT2D eigenvalue weighted by molar-refractivity contribution is 7.99. The Hall–Kier alpha value is -2.61. The van der Waals surface area contributed by atoms with Crippen molar-refractivity contribution in [3.8, 4) is 5.75 Å². The van der Waals surface area contributed by atoms with Crippen molar-refractivity contribution in [3.63, 3.8) is 0 Å². The smallest absolute Gasteiger partial charge is 0.234 e. The maximum Gasteiger partial charge on any atom is 0.234 e. The third-order valence-electron chi connectivity index (χ3n) is 2.86. The number of aromatic nitrogens is 4. The van der Waals surface area contributed by atoms with Crippen LogP contribution < -0.4 is 10.1 Å². The molecule has 1 N–H and O–H groups in total. The van der Waals surface area contributed by atoms with E-state index in [9.17, 15) is 4.79 Å². The number of ether oxygens (including phenoxy) is 1. The van der Waals surface area contributed by atoms with Crippen LogP contribution in [0.1, 0.15) is 0 Å². The number of nitrogens with zero attached hydrogens (tertiary/aromatic N) is 4. The topological polar surface area (TPSA) is 81.4 Å². The SMILES string of the molecule is COc1ccc(NC(=O)CSc2ccc3nncn3n2)cc1. The van der Waals surface area contributed by atoms with Gasteiger partial charge in [0.2, 0.25) is 5.91 Å². The summed E-state index contributed by atoms with van der Waals surface area (Å²) in [5, 5.41) is 15.5. The molecular formula is C14H13N5O2S. The van der Waals surface area contributed by atoms with E-state index in [1.54, 1.807) is 35.9 Å². The van der Waals surface area contributed by atoms with Crippen LogP contribution in [0.15, 0.2) is 47.8 Å². The van der Waals surface area contributed by atoms with Crippen LogP contribution in [0, 0.1) is 0 Å². The lowest BCUT2D eigenvalue weighted by Crippen LogP contribution is -2.14. The van der Waals surface area contributed by atoms with Gasteiger partial charge in [0, 0.05) is 5.69 Å². The average Bonchev–Trinajstić information content (AvgIpc) is 3.01. The normalized spacial score (nSPS) is 10.6. The lowest BCUT2D eigenvalue weighted by atomic mass is 10.3. The molecule has 22 heavy (non-hydrogen) atoms. The van der Waals surface area contributed by atoms with Gasteiger partial charge in [-0.3, -0.25) is 4.79 Å². The molecule has 0 spiro atoms. The molecule has 0 bridgehead atoms. The summed E-state index contributed by atoms with van der Waals surface area (Å²) < 4.78 is 6.64. The first-order valence-corrected chi connectivity index (χ1v) is 7.47. The largest absolute Gasteiger partial charge is 0.497 e. The molecule has 0 atom stereocenters. The summed E-state index contributed by atoms with van der Waals surface area (Å²) in [6.45, 7) is 0. The molecule has 0 radical (unpaired) electrons. The summed E-state index contributed by atoms with van der Waals surface area (Å²) in [7, 11) is 1.60. The molecule has 1 aromatic carbocycles. The minimum Gasteiger partial charge on any atom is -0.497 e. The standard InChI is InChI=1S/C14H13N5O2S/c1-21-11-4-2-10(3-5-11)16-13(20)8-22-14-7-6-12-17-15-9-19(12)18-14/h2-7,9H,8H2,1H3,(H,16,20). The van der Waals surface area contributed by atoms with Crippen LogP contribution in [0.3, 0.4) is 0 Å². The highest BCUT2D eigenvalue weighted by Gasteiger charge is 2.06. The summed E-state index contributed by atoms with van der Waals surface area (Å²) in [5.74, 6) is 0.923. The number of nitrogens with one attached hydrogen (secondary N) is 1. The van der Waals surface area contributed by atoms with Crippen LogP contribution in [0.2, 0.25) is 0 Å². The molecule has 0 saturated heterocycles. The molecule has 8 heteroatoms. The fourth-order valence-corrected chi connectivity index (χ4v) is 2.46. The Kier molecular flexibility index (Phi) is 4.19. The Bertz CT molecular complexity index is 787. The monoisotopic (exact) mass is 315 g/mol. The van der Waals surface area contributed by atoms with Crippen molar-refractivity contribution in [2.45, 2.75) is 5.03 Å². The number of fused-ring (bicyclic) bond motifs is 1. The zero-order valence-corrected chi connectivity index (χ0v) is 12.6. The zero-order chi connectivity index (χ0) is 15.4. The zero-order valence-electron chi connectivity index (χ0n) is 11.8. The van der Waals surface area contributed by atoms with Crippen molar-refractivity contribution in [2.24, 2.45) is 0 Å². The second-order valence-corrected chi connectivity index (χ2v) is 5.37. The first-order valence-electron chi connectivity index (χ1n) is 6.48. The summed E-state index contributed by atoms with van der Waals surface area (Å²) in [5.41, 5.74) is 1.40. The van der Waals surface area contributed by atoms with Gasteiger partial charge in [-0.05, 0) is 36.4 Å². The van der Waals surface area contributed by atoms with Gasteiger partial charge in [0.25, 0.3) is 0 Å². The van der Waals surface area contributed by atoms with E-state index in [0.717, 1.165) is 16.5 Å². The van der Waals surface area contributed by atoms with Gasteiger partial charge in [-0.25, -0.2) is 0 Å². The number of methoxy groups -OCH3 is 1. The van der Waals surface area contributed by atoms with Gasteiger partial charge >= 0.3 is 0 Å². The Morgan fingerprint density at radius 3 is 2.86 bits per heavy atom. The average molecular weight is 315 g/mol. The van der Waals surface area contributed by atoms with Gasteiger partial charge in [0.15, 0.2) is 5.65 Å². The maximum absolute atomic E-state index is 11.9. The first-order chi connectivity index (χ1) is 10.7. The van der Waals surface area contributed by atoms with Crippen LogP contribution in [0.4, 0.5) is 5.69 Å². The van der Waals surface area contributed by atoms with Crippen molar-refractivity contribution in [1.82, 2.24) is 19.8 Å². The molecule has 3 rings (SSSR count). The third kappa shape index (κ3) is 3.34. The number of hydrogen-bond donors (Lipinski definition) is 1. The number of carbonyl (C=O) groups excluding carboxylic acids is 1. The lowest BCUT2D eigenvalue weighted by molar-refractivity contribution is -0.113. The molecule has 0 aliphatic rings. The Morgan fingerprint density at radius 1 is 1.27 bits per heavy atom. The molecule has 0 saturated carbocycles. The van der Waals surface area contributed by atoms with Gasteiger partial charge < -0.3 is 10.1 Å². The Labute approximate surface area is 130 Å². The van der Waals surface area contributed by atoms with Gasteiger partial charge in [-0.2, -0.15) is 9.61 Å². The van der Waals surface area contributed by atoms with Crippen molar-refractivity contribution in [2.75, 3.05) is 18.2 Å². The fourth-order valence-electron chi connectivity index (χ4n) is 1.80. The molecule has 7 nitrogen and oxygen atoms in total. The molecule has 0 aliphatic heterocycles. The third-order valence-corrected chi connectivity index (χ3v) is 3.78. The number of rotatable bonds is 5. The van der Waals surface area contributed by atoms with E-state index in [4.69, 9.17) is 4.74 Å². The number of benzene rings is 1. The number of thioether (sulfide) groups is 1. The molecule has 0 aliphatic carbocycles. The van der Waals surface area contributed by atoms with Gasteiger partial charge in [0.1, 0.15) is 17.1 Å². The minimum atomic E-state index is -0.0965. The fraction of sp³-hybridized carbons (Fsp3) is 0.143. The molecule has 3 aromatic rings. The molecule has 0 unspecified atom stereocenters. The van der Waals surface area contributed by atoms with Crippen molar-refractivity contribution >= 4 is 29.0 Å². The molecule has 0 fully saturated rings.